The van der Waals surface area contributed by atoms with Crippen molar-refractivity contribution in [2.75, 3.05) is 6.67 Å². The maximum absolute atomic E-state index is 13.6. The number of hydrogen-bond donors (Lipinski definition) is 2. The Morgan fingerprint density at radius 2 is 1.83 bits per heavy atom. The van der Waals surface area contributed by atoms with Gasteiger partial charge in [0.2, 0.25) is 0 Å². The summed E-state index contributed by atoms with van der Waals surface area (Å²) in [7, 11) is 0. The third kappa shape index (κ3) is 2.99. The number of benzene rings is 1. The van der Waals surface area contributed by atoms with Crippen molar-refractivity contribution in [1.82, 2.24) is 5.32 Å². The first-order valence-electron chi connectivity index (χ1n) is 4.92. The highest BCUT2D eigenvalue weighted by atomic mass is 19.3. The van der Waals surface area contributed by atoms with Gasteiger partial charge in [-0.3, -0.25) is 4.79 Å². The Labute approximate surface area is 100 Å². The fraction of sp³-hybridized carbons (Fsp3) is 0.273. The second kappa shape index (κ2) is 5.52. The number of nitrogens with one attached hydrogen (secondary N) is 1. The zero-order valence-electron chi connectivity index (χ0n) is 9.07. The van der Waals surface area contributed by atoms with Gasteiger partial charge in [-0.2, -0.15) is 8.78 Å². The Balaban J connectivity index is 2.86. The van der Waals surface area contributed by atoms with Crippen molar-refractivity contribution in [1.29, 1.82) is 0 Å². The Bertz CT molecular complexity index is 436. The average Bonchev–Trinajstić information content (AvgIpc) is 2.36. The Hall–Kier alpha value is -2.05. The van der Waals surface area contributed by atoms with Crippen molar-refractivity contribution < 1.29 is 27.9 Å². The molecular formula is C11H10F3NO3. The number of alkyl halides is 3. The molecule has 0 spiro atoms. The molecule has 0 aliphatic rings. The summed E-state index contributed by atoms with van der Waals surface area (Å²) >= 11 is 0. The van der Waals surface area contributed by atoms with Crippen LogP contribution in [0, 0.1) is 0 Å². The van der Waals surface area contributed by atoms with Crippen molar-refractivity contribution in [3.8, 4) is 0 Å². The normalized spacial score (nSPS) is 12.8. The van der Waals surface area contributed by atoms with Gasteiger partial charge in [0.1, 0.15) is 6.67 Å². The monoisotopic (exact) mass is 261 g/mol. The highest BCUT2D eigenvalue weighted by Crippen LogP contribution is 2.27. The number of aliphatic carboxylic acids is 1. The Morgan fingerprint density at radius 3 is 2.28 bits per heavy atom. The predicted octanol–water partition coefficient (Wildman–Crippen LogP) is 1.32. The molecule has 1 aromatic carbocycles. The molecule has 18 heavy (non-hydrogen) atoms. The van der Waals surface area contributed by atoms with Gasteiger partial charge < -0.3 is 10.4 Å². The summed E-state index contributed by atoms with van der Waals surface area (Å²) in [6.45, 7) is -1.47. The van der Waals surface area contributed by atoms with Gasteiger partial charge in [-0.05, 0) is 0 Å². The number of hydrogen-bond acceptors (Lipinski definition) is 2. The lowest BCUT2D eigenvalue weighted by molar-refractivity contribution is -0.152. The van der Waals surface area contributed by atoms with E-state index in [1.54, 1.807) is 0 Å². The van der Waals surface area contributed by atoms with Gasteiger partial charge in [0.15, 0.2) is 6.04 Å². The summed E-state index contributed by atoms with van der Waals surface area (Å²) in [5.41, 5.74) is -0.592. The van der Waals surface area contributed by atoms with Crippen LogP contribution in [0.1, 0.15) is 5.56 Å². The summed E-state index contributed by atoms with van der Waals surface area (Å²) < 4.78 is 39.4. The second-order valence-corrected chi connectivity index (χ2v) is 3.46. The number of carbonyl (C=O) groups is 2. The van der Waals surface area contributed by atoms with Crippen LogP contribution in [0.3, 0.4) is 0 Å². The first-order chi connectivity index (χ1) is 8.39. The first kappa shape index (κ1) is 14.0. The molecule has 2 N–H and O–H groups in total. The van der Waals surface area contributed by atoms with Crippen LogP contribution in [0.15, 0.2) is 30.3 Å². The molecule has 0 radical (unpaired) electrons. The van der Waals surface area contributed by atoms with E-state index >= 15 is 0 Å². The smallest absolute Gasteiger partial charge is 0.349 e. The molecule has 1 unspecified atom stereocenters. The minimum Gasteiger partial charge on any atom is -0.480 e. The number of carbonyl (C=O) groups excluding carboxylic acids is 1. The van der Waals surface area contributed by atoms with Crippen LogP contribution in [0.2, 0.25) is 0 Å². The lowest BCUT2D eigenvalue weighted by Gasteiger charge is -2.18. The molecule has 1 amide bonds. The van der Waals surface area contributed by atoms with Crippen molar-refractivity contribution in [3.05, 3.63) is 35.9 Å². The molecule has 1 atom stereocenters. The average molecular weight is 261 g/mol. The van der Waals surface area contributed by atoms with E-state index in [0.29, 0.717) is 0 Å². The quantitative estimate of drug-likeness (QED) is 0.840. The van der Waals surface area contributed by atoms with Crippen molar-refractivity contribution in [2.45, 2.75) is 12.0 Å². The van der Waals surface area contributed by atoms with Crippen LogP contribution >= 0.6 is 0 Å². The van der Waals surface area contributed by atoms with Gasteiger partial charge in [-0.15, -0.1) is 0 Å². The van der Waals surface area contributed by atoms with Gasteiger partial charge in [0.25, 0.3) is 5.91 Å². The predicted molar refractivity (Wildman–Crippen MR) is 55.9 cm³/mol. The SMILES string of the molecule is O=C(O)C(CF)NC(=O)C(F)(F)c1ccccc1. The molecule has 0 saturated heterocycles. The van der Waals surface area contributed by atoms with E-state index in [2.05, 4.69) is 0 Å². The second-order valence-electron chi connectivity index (χ2n) is 3.46. The van der Waals surface area contributed by atoms with E-state index in [9.17, 15) is 22.8 Å². The summed E-state index contributed by atoms with van der Waals surface area (Å²) in [6.07, 6.45) is 0. The molecule has 7 heteroatoms. The fourth-order valence-electron chi connectivity index (χ4n) is 1.19. The van der Waals surface area contributed by atoms with Crippen LogP contribution in [0.5, 0.6) is 0 Å². The summed E-state index contributed by atoms with van der Waals surface area (Å²) in [4.78, 5) is 21.7. The minimum atomic E-state index is -3.91. The molecule has 0 aliphatic heterocycles. The van der Waals surface area contributed by atoms with Crippen LogP contribution in [-0.2, 0) is 15.5 Å². The van der Waals surface area contributed by atoms with Gasteiger partial charge >= 0.3 is 11.9 Å². The molecule has 0 bridgehead atoms. The highest BCUT2D eigenvalue weighted by Gasteiger charge is 2.42. The number of amides is 1. The van der Waals surface area contributed by atoms with Crippen molar-refractivity contribution >= 4 is 11.9 Å². The van der Waals surface area contributed by atoms with E-state index in [1.165, 1.54) is 23.5 Å². The van der Waals surface area contributed by atoms with E-state index < -0.39 is 36.1 Å². The summed E-state index contributed by atoms with van der Waals surface area (Å²) in [6, 6.07) is 4.15. The maximum atomic E-state index is 13.6. The first-order valence-corrected chi connectivity index (χ1v) is 4.92. The molecular weight excluding hydrogens is 251 g/mol. The number of halogens is 3. The zero-order chi connectivity index (χ0) is 13.8. The largest absolute Gasteiger partial charge is 0.480 e. The molecule has 4 nitrogen and oxygen atoms in total. The number of rotatable bonds is 5. The third-order valence-corrected chi connectivity index (χ3v) is 2.18. The molecule has 0 fully saturated rings. The lowest BCUT2D eigenvalue weighted by atomic mass is 10.1. The third-order valence-electron chi connectivity index (χ3n) is 2.18. The molecule has 0 saturated carbocycles. The van der Waals surface area contributed by atoms with Crippen LogP contribution < -0.4 is 5.32 Å². The van der Waals surface area contributed by atoms with E-state index in [0.717, 1.165) is 12.1 Å². The zero-order valence-corrected chi connectivity index (χ0v) is 9.07. The maximum Gasteiger partial charge on any atom is 0.349 e. The van der Waals surface area contributed by atoms with Crippen LogP contribution in [0.4, 0.5) is 13.2 Å². The molecule has 1 rings (SSSR count). The standard InChI is InChI=1S/C11H10F3NO3/c12-6-8(9(16)17)15-10(18)11(13,14)7-4-2-1-3-5-7/h1-5,8H,6H2,(H,15,18)(H,16,17). The highest BCUT2D eigenvalue weighted by molar-refractivity contribution is 5.88. The van der Waals surface area contributed by atoms with Crippen LogP contribution in [-0.4, -0.2) is 29.7 Å². The fourth-order valence-corrected chi connectivity index (χ4v) is 1.19. The van der Waals surface area contributed by atoms with Gasteiger partial charge in [0.05, 0.1) is 0 Å². The molecule has 0 aromatic heterocycles. The van der Waals surface area contributed by atoms with Crippen molar-refractivity contribution in [2.24, 2.45) is 0 Å². The van der Waals surface area contributed by atoms with Crippen molar-refractivity contribution in [3.63, 3.8) is 0 Å². The minimum absolute atomic E-state index is 0.592. The van der Waals surface area contributed by atoms with E-state index in [-0.39, 0.29) is 0 Å². The molecule has 0 aliphatic carbocycles. The van der Waals surface area contributed by atoms with Crippen LogP contribution in [0.25, 0.3) is 0 Å². The number of carboxylic acids is 1. The van der Waals surface area contributed by atoms with Gasteiger partial charge in [-0.1, -0.05) is 30.3 Å². The Morgan fingerprint density at radius 1 is 1.28 bits per heavy atom. The van der Waals surface area contributed by atoms with E-state index in [4.69, 9.17) is 5.11 Å². The van der Waals surface area contributed by atoms with Gasteiger partial charge in [0, 0.05) is 5.56 Å². The lowest BCUT2D eigenvalue weighted by Crippen LogP contribution is -2.48. The summed E-state index contributed by atoms with van der Waals surface area (Å²) in [5.74, 6) is -7.47. The topological polar surface area (TPSA) is 66.4 Å². The van der Waals surface area contributed by atoms with E-state index in [1.807, 2.05) is 0 Å². The Kier molecular flexibility index (Phi) is 4.30. The number of carboxylic acid groups (broad SMARTS) is 1. The van der Waals surface area contributed by atoms with Gasteiger partial charge in [-0.25, -0.2) is 9.18 Å². The summed E-state index contributed by atoms with van der Waals surface area (Å²) in [5, 5.41) is 9.90. The molecule has 98 valence electrons. The molecule has 1 aromatic rings. The molecule has 0 heterocycles.